The highest BCUT2D eigenvalue weighted by Gasteiger charge is 2.30. The number of amides is 2. The molecule has 1 unspecified atom stereocenters. The third-order valence-electron chi connectivity index (χ3n) is 4.86. The predicted molar refractivity (Wildman–Crippen MR) is 105 cm³/mol. The van der Waals surface area contributed by atoms with Gasteiger partial charge in [0.05, 0.1) is 33.1 Å². The van der Waals surface area contributed by atoms with Crippen LogP contribution in [0.25, 0.3) is 0 Å². The van der Waals surface area contributed by atoms with Crippen molar-refractivity contribution in [3.8, 4) is 17.2 Å². The number of benzene rings is 2. The molecule has 1 atom stereocenters. The lowest BCUT2D eigenvalue weighted by Crippen LogP contribution is -2.34. The van der Waals surface area contributed by atoms with Crippen LogP contribution in [-0.2, 0) is 0 Å². The number of anilines is 1. The highest BCUT2D eigenvalue weighted by atomic mass is 16.5. The minimum Gasteiger partial charge on any atom is -0.493 e. The first kappa shape index (κ1) is 18.9. The molecular formula is C21H26N2O4. The van der Waals surface area contributed by atoms with Gasteiger partial charge in [-0.2, -0.15) is 0 Å². The molecule has 1 N–H and O–H groups in total. The average Bonchev–Trinajstić information content (AvgIpc) is 3.17. The van der Waals surface area contributed by atoms with Crippen molar-refractivity contribution in [2.45, 2.75) is 25.8 Å². The molecule has 1 aliphatic heterocycles. The minimum absolute atomic E-state index is 0.0898. The van der Waals surface area contributed by atoms with Crippen LogP contribution in [0.3, 0.4) is 0 Å². The minimum atomic E-state index is -0.131. The molecule has 6 heteroatoms. The maximum absolute atomic E-state index is 12.9. The predicted octanol–water partition coefficient (Wildman–Crippen LogP) is 4.39. The number of rotatable bonds is 5. The molecule has 2 aromatic rings. The first-order valence-electron chi connectivity index (χ1n) is 9.01. The normalized spacial score (nSPS) is 16.1. The summed E-state index contributed by atoms with van der Waals surface area (Å²) in [6.45, 7) is 2.80. The van der Waals surface area contributed by atoms with E-state index in [4.69, 9.17) is 14.2 Å². The van der Waals surface area contributed by atoms with E-state index in [-0.39, 0.29) is 12.1 Å². The van der Waals surface area contributed by atoms with E-state index in [0.717, 1.165) is 19.4 Å². The van der Waals surface area contributed by atoms with Gasteiger partial charge in [-0.3, -0.25) is 0 Å². The van der Waals surface area contributed by atoms with E-state index in [1.165, 1.54) is 11.1 Å². The van der Waals surface area contributed by atoms with Crippen LogP contribution in [0, 0.1) is 6.92 Å². The maximum Gasteiger partial charge on any atom is 0.322 e. The second kappa shape index (κ2) is 8.20. The Morgan fingerprint density at radius 2 is 1.78 bits per heavy atom. The molecule has 1 fully saturated rings. The number of hydrogen-bond donors (Lipinski definition) is 1. The largest absolute Gasteiger partial charge is 0.493 e. The van der Waals surface area contributed by atoms with Gasteiger partial charge in [-0.1, -0.05) is 29.8 Å². The monoisotopic (exact) mass is 370 g/mol. The average molecular weight is 370 g/mol. The molecule has 27 heavy (non-hydrogen) atoms. The fraction of sp³-hybridized carbons (Fsp3) is 0.381. The van der Waals surface area contributed by atoms with Crippen LogP contribution in [0.5, 0.6) is 17.2 Å². The Kier molecular flexibility index (Phi) is 5.74. The van der Waals surface area contributed by atoms with Crippen molar-refractivity contribution in [1.82, 2.24) is 4.90 Å². The summed E-state index contributed by atoms with van der Waals surface area (Å²) in [6, 6.07) is 11.8. The number of methoxy groups -OCH3 is 3. The summed E-state index contributed by atoms with van der Waals surface area (Å²) in [7, 11) is 4.66. The van der Waals surface area contributed by atoms with Gasteiger partial charge in [0, 0.05) is 18.7 Å². The van der Waals surface area contributed by atoms with Gasteiger partial charge >= 0.3 is 6.03 Å². The van der Waals surface area contributed by atoms with Crippen LogP contribution in [0.4, 0.5) is 10.5 Å². The van der Waals surface area contributed by atoms with Gasteiger partial charge in [0.15, 0.2) is 11.5 Å². The lowest BCUT2D eigenvalue weighted by atomic mass is 10.0. The van der Waals surface area contributed by atoms with Crippen molar-refractivity contribution in [1.29, 1.82) is 0 Å². The molecule has 1 aliphatic rings. The summed E-state index contributed by atoms with van der Waals surface area (Å²) >= 11 is 0. The number of ether oxygens (including phenoxy) is 3. The molecule has 3 rings (SSSR count). The van der Waals surface area contributed by atoms with Gasteiger partial charge in [-0.25, -0.2) is 4.79 Å². The zero-order valence-electron chi connectivity index (χ0n) is 16.2. The van der Waals surface area contributed by atoms with Crippen LogP contribution in [0.1, 0.15) is 30.0 Å². The fourth-order valence-corrected chi connectivity index (χ4v) is 3.58. The maximum atomic E-state index is 12.9. The standard InChI is InChI=1S/C21H26N2O4/c1-14-7-5-8-15(11-14)17-9-6-10-23(17)21(24)22-16-12-18(25-2)20(27-4)19(13-16)26-3/h5,7-8,11-13,17H,6,9-10H2,1-4H3,(H,22,24). The third-order valence-corrected chi connectivity index (χ3v) is 4.86. The Hall–Kier alpha value is -2.89. The first-order chi connectivity index (χ1) is 13.1. The van der Waals surface area contributed by atoms with Crippen molar-refractivity contribution < 1.29 is 19.0 Å². The molecule has 1 heterocycles. The number of nitrogens with one attached hydrogen (secondary N) is 1. The quantitative estimate of drug-likeness (QED) is 0.848. The number of aryl methyl sites for hydroxylation is 1. The number of urea groups is 1. The van der Waals surface area contributed by atoms with E-state index < -0.39 is 0 Å². The van der Waals surface area contributed by atoms with Gasteiger partial charge in [-0.15, -0.1) is 0 Å². The summed E-state index contributed by atoms with van der Waals surface area (Å²) in [5.41, 5.74) is 2.97. The lowest BCUT2D eigenvalue weighted by molar-refractivity contribution is 0.207. The van der Waals surface area contributed by atoms with Crippen LogP contribution < -0.4 is 19.5 Å². The molecule has 0 radical (unpaired) electrons. The number of carbonyl (C=O) groups excluding carboxylic acids is 1. The molecule has 0 bridgehead atoms. The summed E-state index contributed by atoms with van der Waals surface area (Å²) in [5, 5.41) is 2.97. The molecule has 0 aromatic heterocycles. The van der Waals surface area contributed by atoms with Crippen LogP contribution >= 0.6 is 0 Å². The van der Waals surface area contributed by atoms with E-state index in [0.29, 0.717) is 22.9 Å². The van der Waals surface area contributed by atoms with E-state index >= 15 is 0 Å². The smallest absolute Gasteiger partial charge is 0.322 e. The van der Waals surface area contributed by atoms with Crippen molar-refractivity contribution in [3.63, 3.8) is 0 Å². The van der Waals surface area contributed by atoms with Crippen LogP contribution in [-0.4, -0.2) is 38.8 Å². The molecular weight excluding hydrogens is 344 g/mol. The summed E-state index contributed by atoms with van der Waals surface area (Å²) in [4.78, 5) is 14.8. The Balaban J connectivity index is 1.82. The SMILES string of the molecule is COc1cc(NC(=O)N2CCCC2c2cccc(C)c2)cc(OC)c1OC. The summed E-state index contributed by atoms with van der Waals surface area (Å²) in [5.74, 6) is 1.50. The van der Waals surface area contributed by atoms with E-state index in [1.807, 2.05) is 11.0 Å². The van der Waals surface area contributed by atoms with Gasteiger partial charge in [0.2, 0.25) is 5.75 Å². The lowest BCUT2D eigenvalue weighted by Gasteiger charge is -2.26. The van der Waals surface area contributed by atoms with E-state index in [2.05, 4.69) is 30.4 Å². The van der Waals surface area contributed by atoms with Gasteiger partial charge in [0.1, 0.15) is 0 Å². The van der Waals surface area contributed by atoms with Gasteiger partial charge < -0.3 is 24.4 Å². The van der Waals surface area contributed by atoms with Crippen molar-refractivity contribution >= 4 is 11.7 Å². The van der Waals surface area contributed by atoms with Crippen molar-refractivity contribution in [2.75, 3.05) is 33.2 Å². The van der Waals surface area contributed by atoms with Crippen molar-refractivity contribution in [3.05, 3.63) is 47.5 Å². The molecule has 144 valence electrons. The highest BCUT2D eigenvalue weighted by Crippen LogP contribution is 2.40. The number of likely N-dealkylation sites (tertiary alicyclic amines) is 1. The Bertz CT molecular complexity index is 797. The van der Waals surface area contributed by atoms with Gasteiger partial charge in [-0.05, 0) is 25.3 Å². The fourth-order valence-electron chi connectivity index (χ4n) is 3.58. The first-order valence-corrected chi connectivity index (χ1v) is 9.01. The summed E-state index contributed by atoms with van der Waals surface area (Å²) < 4.78 is 16.1. The third kappa shape index (κ3) is 3.94. The molecule has 6 nitrogen and oxygen atoms in total. The molecule has 0 saturated carbocycles. The van der Waals surface area contributed by atoms with E-state index in [9.17, 15) is 4.79 Å². The number of hydrogen-bond acceptors (Lipinski definition) is 4. The molecule has 1 saturated heterocycles. The van der Waals surface area contributed by atoms with Crippen LogP contribution in [0.15, 0.2) is 36.4 Å². The van der Waals surface area contributed by atoms with Crippen LogP contribution in [0.2, 0.25) is 0 Å². The molecule has 2 amide bonds. The summed E-state index contributed by atoms with van der Waals surface area (Å²) in [6.07, 6.45) is 1.95. The molecule has 0 spiro atoms. The van der Waals surface area contributed by atoms with E-state index in [1.54, 1.807) is 33.5 Å². The number of nitrogens with zero attached hydrogens (tertiary/aromatic N) is 1. The Labute approximate surface area is 160 Å². The molecule has 0 aliphatic carbocycles. The molecule has 2 aromatic carbocycles. The van der Waals surface area contributed by atoms with Gasteiger partial charge in [0.25, 0.3) is 0 Å². The number of carbonyl (C=O) groups is 1. The zero-order chi connectivity index (χ0) is 19.4. The zero-order valence-corrected chi connectivity index (χ0v) is 16.2. The topological polar surface area (TPSA) is 60.0 Å². The van der Waals surface area contributed by atoms with Crippen molar-refractivity contribution in [2.24, 2.45) is 0 Å². The second-order valence-electron chi connectivity index (χ2n) is 6.61. The second-order valence-corrected chi connectivity index (χ2v) is 6.61. The Morgan fingerprint density at radius 3 is 2.37 bits per heavy atom. The highest BCUT2D eigenvalue weighted by molar-refractivity contribution is 5.90. The Morgan fingerprint density at radius 1 is 1.07 bits per heavy atom.